The van der Waals surface area contributed by atoms with Crippen molar-refractivity contribution in [3.05, 3.63) is 37.1 Å². The van der Waals surface area contributed by atoms with E-state index in [1.807, 2.05) is 6.07 Å². The van der Waals surface area contributed by atoms with Crippen molar-refractivity contribution in [3.63, 3.8) is 0 Å². The predicted octanol–water partition coefficient (Wildman–Crippen LogP) is 0.879. The second-order valence-electron chi connectivity index (χ2n) is 4.51. The van der Waals surface area contributed by atoms with Crippen LogP contribution in [-0.2, 0) is 9.59 Å². The Labute approximate surface area is 139 Å². The number of hydrogen-bond donors (Lipinski definition) is 1. The number of carbonyl (C=O) groups is 3. The van der Waals surface area contributed by atoms with Crippen molar-refractivity contribution in [2.75, 3.05) is 31.9 Å². The van der Waals surface area contributed by atoms with Crippen LogP contribution in [0.3, 0.4) is 0 Å². The van der Waals surface area contributed by atoms with E-state index in [-0.39, 0.29) is 35.6 Å². The van der Waals surface area contributed by atoms with E-state index in [0.717, 1.165) is 16.7 Å². The summed E-state index contributed by atoms with van der Waals surface area (Å²) in [5.74, 6) is -0.511. The van der Waals surface area contributed by atoms with E-state index in [0.29, 0.717) is 13.1 Å². The molecule has 0 aliphatic carbocycles. The van der Waals surface area contributed by atoms with Crippen molar-refractivity contribution in [2.24, 2.45) is 0 Å². The van der Waals surface area contributed by atoms with Crippen LogP contribution in [0.2, 0.25) is 0 Å². The Morgan fingerprint density at radius 3 is 2.52 bits per heavy atom. The molecular weight excluding hydrogens is 316 g/mol. The monoisotopic (exact) mass is 334 g/mol. The normalized spacial score (nSPS) is 14.4. The minimum atomic E-state index is -0.441. The van der Waals surface area contributed by atoms with Crippen molar-refractivity contribution >= 4 is 28.8 Å². The fourth-order valence-electron chi connectivity index (χ4n) is 1.81. The summed E-state index contributed by atoms with van der Waals surface area (Å²) in [7, 11) is 0. The van der Waals surface area contributed by atoms with Gasteiger partial charge in [0, 0.05) is 32.4 Å². The topological polar surface area (TPSA) is 93.5 Å². The maximum absolute atomic E-state index is 12.2. The number of rotatable bonds is 9. The Balaban J connectivity index is 2.57. The summed E-state index contributed by atoms with van der Waals surface area (Å²) in [4.78, 5) is 37.6. The molecule has 0 aromatic carbocycles. The Kier molecular flexibility index (Phi) is 7.63. The number of nitrogens with zero attached hydrogens (tertiary/aromatic N) is 3. The highest BCUT2D eigenvalue weighted by molar-refractivity contribution is 8.14. The smallest absolute Gasteiger partial charge is 0.288 e. The van der Waals surface area contributed by atoms with Crippen molar-refractivity contribution in [2.45, 2.75) is 0 Å². The molecule has 23 heavy (non-hydrogen) atoms. The number of amides is 3. The predicted molar refractivity (Wildman–Crippen MR) is 88.2 cm³/mol. The summed E-state index contributed by atoms with van der Waals surface area (Å²) in [5, 5.41) is 11.6. The SMILES string of the molecule is C=CCN(CC=C)C(=O)/C(C#N)=C\NCCN1C(=O)CSC1=O. The third kappa shape index (κ3) is 5.30. The second-order valence-corrected chi connectivity index (χ2v) is 5.44. The number of nitrogens with one attached hydrogen (secondary N) is 1. The molecule has 1 saturated heterocycles. The summed E-state index contributed by atoms with van der Waals surface area (Å²) >= 11 is 0.964. The molecule has 7 nitrogen and oxygen atoms in total. The number of carbonyl (C=O) groups excluding carboxylic acids is 3. The molecule has 122 valence electrons. The average Bonchev–Trinajstić information content (AvgIpc) is 2.85. The van der Waals surface area contributed by atoms with Crippen LogP contribution in [0.25, 0.3) is 0 Å². The summed E-state index contributed by atoms with van der Waals surface area (Å²) in [6, 6.07) is 1.83. The van der Waals surface area contributed by atoms with Gasteiger partial charge in [-0.15, -0.1) is 13.2 Å². The van der Waals surface area contributed by atoms with Gasteiger partial charge in [-0.1, -0.05) is 23.9 Å². The van der Waals surface area contributed by atoms with Gasteiger partial charge in [-0.05, 0) is 0 Å². The zero-order valence-electron chi connectivity index (χ0n) is 12.7. The van der Waals surface area contributed by atoms with Gasteiger partial charge in [-0.2, -0.15) is 5.26 Å². The zero-order chi connectivity index (χ0) is 17.2. The third-order valence-corrected chi connectivity index (χ3v) is 3.76. The summed E-state index contributed by atoms with van der Waals surface area (Å²) in [6.45, 7) is 8.19. The largest absolute Gasteiger partial charge is 0.388 e. The number of hydrogen-bond acceptors (Lipinski definition) is 6. The molecule has 1 rings (SSSR count). The van der Waals surface area contributed by atoms with Crippen molar-refractivity contribution < 1.29 is 14.4 Å². The molecule has 0 aromatic heterocycles. The molecule has 0 aromatic rings. The molecule has 1 aliphatic heterocycles. The second kappa shape index (κ2) is 9.48. The lowest BCUT2D eigenvalue weighted by Crippen LogP contribution is -2.35. The van der Waals surface area contributed by atoms with Crippen LogP contribution in [0.1, 0.15) is 0 Å². The molecule has 0 spiro atoms. The van der Waals surface area contributed by atoms with E-state index < -0.39 is 5.91 Å². The van der Waals surface area contributed by atoms with E-state index in [1.54, 1.807) is 12.2 Å². The summed E-state index contributed by atoms with van der Waals surface area (Å²) < 4.78 is 0. The Bertz CT molecular complexity index is 554. The van der Waals surface area contributed by atoms with Crippen LogP contribution in [0.15, 0.2) is 37.1 Å². The summed E-state index contributed by atoms with van der Waals surface area (Å²) in [6.07, 6.45) is 4.41. The lowest BCUT2D eigenvalue weighted by molar-refractivity contribution is -0.126. The van der Waals surface area contributed by atoms with E-state index in [2.05, 4.69) is 18.5 Å². The zero-order valence-corrected chi connectivity index (χ0v) is 13.5. The highest BCUT2D eigenvalue weighted by Gasteiger charge is 2.29. The van der Waals surface area contributed by atoms with Gasteiger partial charge in [-0.3, -0.25) is 19.3 Å². The number of thioether (sulfide) groups is 1. The molecule has 1 fully saturated rings. The molecule has 1 heterocycles. The maximum atomic E-state index is 12.2. The molecule has 3 amide bonds. The Hall–Kier alpha value is -2.53. The van der Waals surface area contributed by atoms with Crippen LogP contribution >= 0.6 is 11.8 Å². The van der Waals surface area contributed by atoms with Gasteiger partial charge in [0.25, 0.3) is 11.1 Å². The molecule has 0 radical (unpaired) electrons. The molecule has 8 heteroatoms. The van der Waals surface area contributed by atoms with E-state index in [1.165, 1.54) is 11.1 Å². The number of imide groups is 1. The van der Waals surface area contributed by atoms with Crippen LogP contribution < -0.4 is 5.32 Å². The van der Waals surface area contributed by atoms with Crippen LogP contribution in [0.5, 0.6) is 0 Å². The maximum Gasteiger partial charge on any atom is 0.288 e. The molecule has 0 atom stereocenters. The van der Waals surface area contributed by atoms with Crippen molar-refractivity contribution in [3.8, 4) is 6.07 Å². The van der Waals surface area contributed by atoms with Gasteiger partial charge in [0.05, 0.1) is 5.75 Å². The fourth-order valence-corrected chi connectivity index (χ4v) is 2.56. The highest BCUT2D eigenvalue weighted by atomic mass is 32.2. The van der Waals surface area contributed by atoms with Crippen molar-refractivity contribution in [1.29, 1.82) is 5.26 Å². The molecule has 0 bridgehead atoms. The molecular formula is C15H18N4O3S. The van der Waals surface area contributed by atoms with Crippen LogP contribution in [-0.4, -0.2) is 58.8 Å². The van der Waals surface area contributed by atoms with Gasteiger partial charge in [-0.25, -0.2) is 0 Å². The first-order chi connectivity index (χ1) is 11.0. The van der Waals surface area contributed by atoms with Gasteiger partial charge >= 0.3 is 0 Å². The molecule has 1 N–H and O–H groups in total. The fraction of sp³-hybridized carbons (Fsp3) is 0.333. The third-order valence-electron chi connectivity index (χ3n) is 2.90. The first kappa shape index (κ1) is 18.5. The summed E-state index contributed by atoms with van der Waals surface area (Å²) in [5.41, 5.74) is -0.0675. The van der Waals surface area contributed by atoms with Crippen LogP contribution in [0, 0.1) is 11.3 Å². The van der Waals surface area contributed by atoms with E-state index in [4.69, 9.17) is 5.26 Å². The first-order valence-electron chi connectivity index (χ1n) is 6.87. The lowest BCUT2D eigenvalue weighted by Gasteiger charge is -2.18. The standard InChI is InChI=1S/C15H18N4O3S/c1-3-6-18(7-4-2)14(21)12(9-16)10-17-5-8-19-13(20)11-23-15(19)22/h3-4,10,17H,1-2,5-8,11H2/b12-10-. The quantitative estimate of drug-likeness (QED) is 0.291. The molecule has 1 aliphatic rings. The molecule has 0 unspecified atom stereocenters. The van der Waals surface area contributed by atoms with Crippen LogP contribution in [0.4, 0.5) is 4.79 Å². The van der Waals surface area contributed by atoms with Gasteiger partial charge < -0.3 is 10.2 Å². The molecule has 0 saturated carbocycles. The highest BCUT2D eigenvalue weighted by Crippen LogP contribution is 2.17. The first-order valence-corrected chi connectivity index (χ1v) is 7.85. The minimum absolute atomic E-state index is 0.0675. The Morgan fingerprint density at radius 1 is 1.39 bits per heavy atom. The Morgan fingerprint density at radius 2 is 2.04 bits per heavy atom. The number of nitriles is 1. The van der Waals surface area contributed by atoms with Crippen molar-refractivity contribution in [1.82, 2.24) is 15.1 Å². The lowest BCUT2D eigenvalue weighted by atomic mass is 10.2. The van der Waals surface area contributed by atoms with Gasteiger partial charge in [0.1, 0.15) is 11.6 Å². The minimum Gasteiger partial charge on any atom is -0.388 e. The average molecular weight is 334 g/mol. The van der Waals surface area contributed by atoms with Gasteiger partial charge in [0.15, 0.2) is 0 Å². The van der Waals surface area contributed by atoms with E-state index >= 15 is 0 Å². The van der Waals surface area contributed by atoms with E-state index in [9.17, 15) is 14.4 Å². The van der Waals surface area contributed by atoms with Gasteiger partial charge in [0.2, 0.25) is 5.91 Å².